The molecule has 1 amide bonds. The molecule has 0 unspecified atom stereocenters. The Labute approximate surface area is 119 Å². The van der Waals surface area contributed by atoms with Crippen molar-refractivity contribution in [2.45, 2.75) is 32.7 Å². The minimum atomic E-state index is -0.246. The summed E-state index contributed by atoms with van der Waals surface area (Å²) in [5.41, 5.74) is 4.11. The fourth-order valence-corrected chi connectivity index (χ4v) is 2.22. The monoisotopic (exact) mass is 275 g/mol. The van der Waals surface area contributed by atoms with Crippen molar-refractivity contribution in [1.82, 2.24) is 10.3 Å². The zero-order valence-corrected chi connectivity index (χ0v) is 12.0. The summed E-state index contributed by atoms with van der Waals surface area (Å²) >= 11 is 0. The highest BCUT2D eigenvalue weighted by Crippen LogP contribution is 2.11. The summed E-state index contributed by atoms with van der Waals surface area (Å²) in [7, 11) is 0. The number of piperidine rings is 1. The molecule has 0 radical (unpaired) electrons. The van der Waals surface area contributed by atoms with Crippen LogP contribution in [0.3, 0.4) is 0 Å². The van der Waals surface area contributed by atoms with E-state index in [2.05, 4.69) is 29.3 Å². The van der Waals surface area contributed by atoms with Gasteiger partial charge in [0, 0.05) is 43.2 Å². The summed E-state index contributed by atoms with van der Waals surface area (Å²) in [5.74, 6) is -0.0993. The number of phenols is 1. The third kappa shape index (κ3) is 3.81. The highest BCUT2D eigenvalue weighted by atomic mass is 16.3. The second-order valence-corrected chi connectivity index (χ2v) is 5.30. The van der Waals surface area contributed by atoms with Crippen molar-refractivity contribution in [1.29, 1.82) is 0 Å². The molecule has 1 aliphatic rings. The molecule has 20 heavy (non-hydrogen) atoms. The first-order valence-corrected chi connectivity index (χ1v) is 6.95. The first-order chi connectivity index (χ1) is 9.56. The molecule has 0 aromatic heterocycles. The van der Waals surface area contributed by atoms with Gasteiger partial charge in [-0.3, -0.25) is 4.79 Å². The molecule has 1 aromatic rings. The molecule has 0 atom stereocenters. The van der Waals surface area contributed by atoms with Gasteiger partial charge in [0.15, 0.2) is 0 Å². The van der Waals surface area contributed by atoms with Gasteiger partial charge in [0.2, 0.25) is 0 Å². The Hall–Kier alpha value is -1.88. The van der Waals surface area contributed by atoms with Crippen LogP contribution < -0.4 is 5.43 Å². The summed E-state index contributed by atoms with van der Waals surface area (Å²) in [4.78, 5) is 14.3. The molecule has 1 heterocycles. The Morgan fingerprint density at radius 1 is 1.25 bits per heavy atom. The summed E-state index contributed by atoms with van der Waals surface area (Å²) in [5, 5.41) is 13.4. The molecule has 1 aromatic carbocycles. The van der Waals surface area contributed by atoms with Crippen molar-refractivity contribution in [3.63, 3.8) is 0 Å². The second kappa shape index (κ2) is 6.52. The van der Waals surface area contributed by atoms with Crippen LogP contribution in [0.15, 0.2) is 29.4 Å². The van der Waals surface area contributed by atoms with Crippen molar-refractivity contribution >= 4 is 11.6 Å². The van der Waals surface area contributed by atoms with Crippen LogP contribution in [-0.4, -0.2) is 40.8 Å². The summed E-state index contributed by atoms with van der Waals surface area (Å²) in [6.45, 7) is 6.36. The Bertz CT molecular complexity index is 484. The molecular formula is C15H21N3O2. The maximum Gasteiger partial charge on any atom is 0.271 e. The predicted molar refractivity (Wildman–Crippen MR) is 79.0 cm³/mol. The maximum absolute atomic E-state index is 11.9. The molecule has 5 nitrogen and oxygen atoms in total. The van der Waals surface area contributed by atoms with E-state index in [0.717, 1.165) is 31.6 Å². The number of nitrogens with zero attached hydrogens (tertiary/aromatic N) is 2. The number of likely N-dealkylation sites (tertiary alicyclic amines) is 1. The van der Waals surface area contributed by atoms with E-state index >= 15 is 0 Å². The standard InChI is InChI=1S/C15H21N3O2/c1-11(2)18-9-7-13(8-10-18)16-17-15(20)12-3-5-14(19)6-4-12/h3-6,11,19H,7-10H2,1-2H3,(H,17,20). The number of hydrazone groups is 1. The van der Waals surface area contributed by atoms with Crippen molar-refractivity contribution in [3.8, 4) is 5.75 Å². The number of carbonyl (C=O) groups is 1. The van der Waals surface area contributed by atoms with E-state index in [4.69, 9.17) is 0 Å². The number of carbonyl (C=O) groups excluding carboxylic acids is 1. The average molecular weight is 275 g/mol. The summed E-state index contributed by atoms with van der Waals surface area (Å²) in [6.07, 6.45) is 1.79. The molecule has 5 heteroatoms. The number of hydrogen-bond acceptors (Lipinski definition) is 4. The lowest BCUT2D eigenvalue weighted by Crippen LogP contribution is -2.39. The van der Waals surface area contributed by atoms with Crippen LogP contribution in [0.2, 0.25) is 0 Å². The minimum absolute atomic E-state index is 0.147. The van der Waals surface area contributed by atoms with E-state index in [-0.39, 0.29) is 11.7 Å². The Kier molecular flexibility index (Phi) is 4.74. The van der Waals surface area contributed by atoms with Crippen LogP contribution in [0.25, 0.3) is 0 Å². The van der Waals surface area contributed by atoms with Crippen LogP contribution >= 0.6 is 0 Å². The lowest BCUT2D eigenvalue weighted by molar-refractivity contribution is 0.0954. The van der Waals surface area contributed by atoms with Gasteiger partial charge >= 0.3 is 0 Å². The van der Waals surface area contributed by atoms with Gasteiger partial charge in [-0.1, -0.05) is 0 Å². The Morgan fingerprint density at radius 2 is 1.85 bits per heavy atom. The number of phenolic OH excluding ortho intramolecular Hbond substituents is 1. The molecule has 0 saturated carbocycles. The van der Waals surface area contributed by atoms with E-state index < -0.39 is 0 Å². The minimum Gasteiger partial charge on any atom is -0.508 e. The summed E-state index contributed by atoms with van der Waals surface area (Å²) in [6, 6.07) is 6.69. The highest BCUT2D eigenvalue weighted by Gasteiger charge is 2.17. The van der Waals surface area contributed by atoms with Crippen molar-refractivity contribution in [3.05, 3.63) is 29.8 Å². The van der Waals surface area contributed by atoms with Crippen molar-refractivity contribution in [2.75, 3.05) is 13.1 Å². The molecule has 108 valence electrons. The molecule has 0 bridgehead atoms. The normalized spacial score (nSPS) is 16.2. The highest BCUT2D eigenvalue weighted by molar-refractivity contribution is 5.95. The fraction of sp³-hybridized carbons (Fsp3) is 0.467. The van der Waals surface area contributed by atoms with E-state index in [9.17, 15) is 9.90 Å². The van der Waals surface area contributed by atoms with Gasteiger partial charge in [0.25, 0.3) is 5.91 Å². The number of nitrogens with one attached hydrogen (secondary N) is 1. The van der Waals surface area contributed by atoms with Gasteiger partial charge in [-0.25, -0.2) is 5.43 Å². The van der Waals surface area contributed by atoms with Crippen LogP contribution in [-0.2, 0) is 0 Å². The van der Waals surface area contributed by atoms with Crippen molar-refractivity contribution < 1.29 is 9.90 Å². The third-order valence-electron chi connectivity index (χ3n) is 3.55. The molecule has 0 spiro atoms. The van der Waals surface area contributed by atoms with Gasteiger partial charge in [0.05, 0.1) is 0 Å². The Morgan fingerprint density at radius 3 is 2.40 bits per heavy atom. The summed E-state index contributed by atoms with van der Waals surface area (Å²) < 4.78 is 0. The number of rotatable bonds is 3. The van der Waals surface area contributed by atoms with E-state index in [1.54, 1.807) is 12.1 Å². The van der Waals surface area contributed by atoms with Crippen molar-refractivity contribution in [2.24, 2.45) is 5.10 Å². The van der Waals surface area contributed by atoms with Crippen LogP contribution in [0.1, 0.15) is 37.0 Å². The molecule has 2 N–H and O–H groups in total. The smallest absolute Gasteiger partial charge is 0.271 e. The number of amides is 1. The molecule has 1 aliphatic heterocycles. The lowest BCUT2D eigenvalue weighted by atomic mass is 10.1. The first kappa shape index (κ1) is 14.5. The number of aromatic hydroxyl groups is 1. The third-order valence-corrected chi connectivity index (χ3v) is 3.55. The quantitative estimate of drug-likeness (QED) is 0.829. The van der Waals surface area contributed by atoms with Gasteiger partial charge in [-0.15, -0.1) is 0 Å². The van der Waals surface area contributed by atoms with Gasteiger partial charge in [-0.2, -0.15) is 5.10 Å². The number of benzene rings is 1. The predicted octanol–water partition coefficient (Wildman–Crippen LogP) is 1.98. The van der Waals surface area contributed by atoms with E-state index in [1.165, 1.54) is 12.1 Å². The molecule has 0 aliphatic carbocycles. The van der Waals surface area contributed by atoms with E-state index in [1.807, 2.05) is 0 Å². The topological polar surface area (TPSA) is 64.9 Å². The molecule has 1 fully saturated rings. The maximum atomic E-state index is 11.9. The lowest BCUT2D eigenvalue weighted by Gasteiger charge is -2.30. The van der Waals surface area contributed by atoms with E-state index in [0.29, 0.717) is 11.6 Å². The zero-order valence-electron chi connectivity index (χ0n) is 12.0. The molecular weight excluding hydrogens is 254 g/mol. The van der Waals surface area contributed by atoms with Gasteiger partial charge in [0.1, 0.15) is 5.75 Å². The van der Waals surface area contributed by atoms with Gasteiger partial charge in [-0.05, 0) is 38.1 Å². The Balaban J connectivity index is 1.87. The fourth-order valence-electron chi connectivity index (χ4n) is 2.22. The SMILES string of the molecule is CC(C)N1CCC(=NNC(=O)c2ccc(O)cc2)CC1. The van der Waals surface area contributed by atoms with Crippen LogP contribution in [0.5, 0.6) is 5.75 Å². The van der Waals surface area contributed by atoms with Gasteiger partial charge < -0.3 is 10.0 Å². The second-order valence-electron chi connectivity index (χ2n) is 5.30. The largest absolute Gasteiger partial charge is 0.508 e. The average Bonchev–Trinajstić information content (AvgIpc) is 2.46. The van der Waals surface area contributed by atoms with Crippen LogP contribution in [0.4, 0.5) is 0 Å². The van der Waals surface area contributed by atoms with Crippen LogP contribution in [0, 0.1) is 0 Å². The zero-order chi connectivity index (χ0) is 14.5. The molecule has 1 saturated heterocycles. The molecule has 2 rings (SSSR count). The number of hydrogen-bond donors (Lipinski definition) is 2. The first-order valence-electron chi connectivity index (χ1n) is 6.95.